The summed E-state index contributed by atoms with van der Waals surface area (Å²) in [7, 11) is 3.75. The molecule has 1 aromatic heterocycles. The zero-order chi connectivity index (χ0) is 29.2. The molecule has 3 unspecified atom stereocenters. The molecule has 3 aromatic rings. The first-order chi connectivity index (χ1) is 18.7. The smallest absolute Gasteiger partial charge is 0.349 e. The van der Waals surface area contributed by atoms with Crippen LogP contribution in [-0.4, -0.2) is 58.5 Å². The van der Waals surface area contributed by atoms with Crippen LogP contribution in [0.2, 0.25) is 0 Å². The van der Waals surface area contributed by atoms with Gasteiger partial charge in [0.05, 0.1) is 43.0 Å². The number of rotatable bonds is 8. The summed E-state index contributed by atoms with van der Waals surface area (Å²) in [6, 6.07) is 6.16. The summed E-state index contributed by atoms with van der Waals surface area (Å²) >= 11 is 0. The molecule has 0 amide bonds. The van der Waals surface area contributed by atoms with Crippen molar-refractivity contribution in [2.45, 2.75) is 50.8 Å². The van der Waals surface area contributed by atoms with E-state index in [0.717, 1.165) is 0 Å². The lowest BCUT2D eigenvalue weighted by Gasteiger charge is -2.41. The quantitative estimate of drug-likeness (QED) is 0.347. The molecule has 14 heteroatoms. The van der Waals surface area contributed by atoms with Crippen LogP contribution in [-0.2, 0) is 34.9 Å². The Morgan fingerprint density at radius 3 is 2.25 bits per heavy atom. The second-order valence-corrected chi connectivity index (χ2v) is 9.76. The molecule has 1 aliphatic heterocycles. The summed E-state index contributed by atoms with van der Waals surface area (Å²) in [5.74, 6) is 0.618. The Morgan fingerprint density at radius 1 is 1.05 bits per heavy atom. The molecule has 0 bridgehead atoms. The van der Waals surface area contributed by atoms with Gasteiger partial charge in [-0.25, -0.2) is 9.37 Å². The maximum absolute atomic E-state index is 13.7. The molecule has 1 saturated heterocycles. The van der Waals surface area contributed by atoms with Crippen LogP contribution in [0.5, 0.6) is 0 Å². The van der Waals surface area contributed by atoms with E-state index >= 15 is 0 Å². The van der Waals surface area contributed by atoms with Crippen LogP contribution in [0, 0.1) is 5.82 Å². The first-order valence-electron chi connectivity index (χ1n) is 12.3. The monoisotopic (exact) mass is 575 g/mol. The van der Waals surface area contributed by atoms with E-state index in [1.807, 2.05) is 23.9 Å². The Bertz CT molecular complexity index is 1250. The van der Waals surface area contributed by atoms with Gasteiger partial charge in [-0.3, -0.25) is 10.00 Å². The maximum Gasteiger partial charge on any atom is 0.416 e. The van der Waals surface area contributed by atoms with Crippen molar-refractivity contribution in [3.63, 3.8) is 0 Å². The predicted octanol–water partition coefficient (Wildman–Crippen LogP) is 5.72. The molecule has 4 rings (SSSR count). The van der Waals surface area contributed by atoms with Gasteiger partial charge in [0.15, 0.2) is 12.1 Å². The number of morpholine rings is 1. The standard InChI is InChI=1S/C26H28F7N5O2/c1-15(17-10-18(25(28,29)30)12-19(11-17)26(31,32)33)40-24-23(16-4-6-20(27)7-5-16)38(8-9-39-24)14-22-34-21(35-36-22)13-37(2)3/h4-7,10-12,15,23-24H,8-9,13-14H2,1-3H3,(H,34,35,36). The van der Waals surface area contributed by atoms with Crippen molar-refractivity contribution in [3.05, 3.63) is 82.2 Å². The van der Waals surface area contributed by atoms with E-state index in [-0.39, 0.29) is 24.8 Å². The number of ether oxygens (including phenoxy) is 2. The molecule has 1 fully saturated rings. The molecule has 7 nitrogen and oxygen atoms in total. The number of alkyl halides is 6. The fourth-order valence-electron chi connectivity index (χ4n) is 4.46. The van der Waals surface area contributed by atoms with Gasteiger partial charge in [0.25, 0.3) is 0 Å². The van der Waals surface area contributed by atoms with Gasteiger partial charge in [-0.05, 0) is 62.5 Å². The number of hydrogen-bond donors (Lipinski definition) is 1. The number of halogens is 7. The second kappa shape index (κ2) is 11.8. The molecule has 0 aliphatic carbocycles. The van der Waals surface area contributed by atoms with Crippen LogP contribution in [0.15, 0.2) is 42.5 Å². The molecule has 2 aromatic carbocycles. The molecule has 3 atom stereocenters. The van der Waals surface area contributed by atoms with E-state index in [0.29, 0.717) is 42.4 Å². The van der Waals surface area contributed by atoms with Crippen LogP contribution >= 0.6 is 0 Å². The minimum Gasteiger partial charge on any atom is -0.349 e. The zero-order valence-corrected chi connectivity index (χ0v) is 21.9. The fraction of sp³-hybridized carbons (Fsp3) is 0.462. The molecule has 0 saturated carbocycles. The Kier molecular flexibility index (Phi) is 8.83. The van der Waals surface area contributed by atoms with Crippen molar-refractivity contribution in [1.29, 1.82) is 0 Å². The first-order valence-corrected chi connectivity index (χ1v) is 12.3. The highest BCUT2D eigenvalue weighted by Crippen LogP contribution is 2.39. The molecule has 0 radical (unpaired) electrons. The van der Waals surface area contributed by atoms with E-state index in [1.54, 1.807) is 0 Å². The maximum atomic E-state index is 13.7. The zero-order valence-electron chi connectivity index (χ0n) is 21.9. The summed E-state index contributed by atoms with van der Waals surface area (Å²) < 4.78 is 106. The first kappa shape index (κ1) is 29.9. The summed E-state index contributed by atoms with van der Waals surface area (Å²) in [6.45, 7) is 2.64. The molecule has 2 heterocycles. The lowest BCUT2D eigenvalue weighted by atomic mass is 10.0. The molecule has 40 heavy (non-hydrogen) atoms. The number of aromatic nitrogens is 3. The number of hydrogen-bond acceptors (Lipinski definition) is 6. The highest BCUT2D eigenvalue weighted by molar-refractivity contribution is 5.34. The molecule has 1 aliphatic rings. The number of H-pyrrole nitrogens is 1. The topological polar surface area (TPSA) is 66.5 Å². The summed E-state index contributed by atoms with van der Waals surface area (Å²) in [6.07, 6.45) is -12.3. The van der Waals surface area contributed by atoms with E-state index in [1.165, 1.54) is 31.2 Å². The average Bonchev–Trinajstić information content (AvgIpc) is 3.29. The molecular weight excluding hydrogens is 547 g/mol. The van der Waals surface area contributed by atoms with Crippen molar-refractivity contribution < 1.29 is 40.2 Å². The number of nitrogens with zero attached hydrogens (tertiary/aromatic N) is 4. The van der Waals surface area contributed by atoms with Gasteiger partial charge in [0.2, 0.25) is 0 Å². The van der Waals surface area contributed by atoms with Gasteiger partial charge < -0.3 is 14.4 Å². The van der Waals surface area contributed by atoms with Crippen molar-refractivity contribution in [2.24, 2.45) is 0 Å². The summed E-state index contributed by atoms with van der Waals surface area (Å²) in [5, 5.41) is 7.11. The van der Waals surface area contributed by atoms with Gasteiger partial charge >= 0.3 is 12.4 Å². The van der Waals surface area contributed by atoms with Crippen molar-refractivity contribution in [2.75, 3.05) is 27.2 Å². The third-order valence-corrected chi connectivity index (χ3v) is 6.33. The Morgan fingerprint density at radius 2 is 1.68 bits per heavy atom. The van der Waals surface area contributed by atoms with Gasteiger partial charge in [-0.15, -0.1) is 0 Å². The number of nitrogens with one attached hydrogen (secondary N) is 1. The number of aromatic amines is 1. The largest absolute Gasteiger partial charge is 0.416 e. The lowest BCUT2D eigenvalue weighted by molar-refractivity contribution is -0.231. The fourth-order valence-corrected chi connectivity index (χ4v) is 4.46. The minimum atomic E-state index is -4.99. The molecule has 1 N–H and O–H groups in total. The van der Waals surface area contributed by atoms with E-state index in [9.17, 15) is 30.7 Å². The Hall–Kier alpha value is -3.07. The van der Waals surface area contributed by atoms with Crippen molar-refractivity contribution >= 4 is 0 Å². The van der Waals surface area contributed by atoms with E-state index in [2.05, 4.69) is 15.2 Å². The van der Waals surface area contributed by atoms with Gasteiger partial charge in [0.1, 0.15) is 11.6 Å². The summed E-state index contributed by atoms with van der Waals surface area (Å²) in [4.78, 5) is 8.29. The Balaban J connectivity index is 1.64. The van der Waals surface area contributed by atoms with Crippen LogP contribution < -0.4 is 0 Å². The SMILES string of the molecule is CC(OC1OCCN(Cc2n[nH]c(CN(C)C)n2)C1c1ccc(F)cc1)c1cc(C(F)(F)F)cc(C(F)(F)F)c1. The third kappa shape index (κ3) is 7.36. The Labute approximate surface area is 225 Å². The minimum absolute atomic E-state index is 0.0673. The molecular formula is C26H28F7N5O2. The normalized spacial score (nSPS) is 19.8. The van der Waals surface area contributed by atoms with Gasteiger partial charge in [-0.1, -0.05) is 12.1 Å². The molecule has 0 spiro atoms. The summed E-state index contributed by atoms with van der Waals surface area (Å²) in [5.41, 5.74) is -2.62. The van der Waals surface area contributed by atoms with Crippen molar-refractivity contribution in [3.8, 4) is 0 Å². The van der Waals surface area contributed by atoms with Crippen LogP contribution in [0.1, 0.15) is 53.0 Å². The predicted molar refractivity (Wildman–Crippen MR) is 129 cm³/mol. The van der Waals surface area contributed by atoms with Gasteiger partial charge in [-0.2, -0.15) is 31.4 Å². The van der Waals surface area contributed by atoms with E-state index < -0.39 is 47.7 Å². The van der Waals surface area contributed by atoms with Crippen LogP contribution in [0.25, 0.3) is 0 Å². The van der Waals surface area contributed by atoms with E-state index in [4.69, 9.17) is 9.47 Å². The van der Waals surface area contributed by atoms with Crippen LogP contribution in [0.4, 0.5) is 30.7 Å². The van der Waals surface area contributed by atoms with Crippen LogP contribution in [0.3, 0.4) is 0 Å². The highest BCUT2D eigenvalue weighted by Gasteiger charge is 2.39. The second-order valence-electron chi connectivity index (χ2n) is 9.76. The van der Waals surface area contributed by atoms with Crippen molar-refractivity contribution in [1.82, 2.24) is 25.0 Å². The average molecular weight is 576 g/mol. The third-order valence-electron chi connectivity index (χ3n) is 6.33. The number of benzene rings is 2. The lowest BCUT2D eigenvalue weighted by Crippen LogP contribution is -2.46. The van der Waals surface area contributed by atoms with Gasteiger partial charge in [0, 0.05) is 6.54 Å². The molecule has 218 valence electrons. The highest BCUT2D eigenvalue weighted by atomic mass is 19.4.